The number of hydrogen-bond donors (Lipinski definition) is 1. The van der Waals surface area contributed by atoms with Gasteiger partial charge in [-0.05, 0) is 6.92 Å². The second-order valence-electron chi connectivity index (χ2n) is 3.46. The Labute approximate surface area is 108 Å². The molecule has 1 heterocycles. The Morgan fingerprint density at radius 1 is 1.41 bits per heavy atom. The van der Waals surface area contributed by atoms with Gasteiger partial charge < -0.3 is 5.11 Å². The lowest BCUT2D eigenvalue weighted by Crippen LogP contribution is -2.10. The van der Waals surface area contributed by atoms with Gasteiger partial charge in [0.15, 0.2) is 4.34 Å². The van der Waals surface area contributed by atoms with Gasteiger partial charge in [0.2, 0.25) is 0 Å². The summed E-state index contributed by atoms with van der Waals surface area (Å²) in [5.74, 6) is -0.813. The van der Waals surface area contributed by atoms with Gasteiger partial charge in [0.1, 0.15) is 5.25 Å². The first-order valence-corrected chi connectivity index (χ1v) is 6.83. The molecule has 0 radical (unpaired) electrons. The molecular formula is C12H11NO2S2. The minimum atomic E-state index is -0.813. The largest absolute Gasteiger partial charge is 0.480 e. The molecule has 0 aliphatic carbocycles. The van der Waals surface area contributed by atoms with E-state index in [2.05, 4.69) is 4.98 Å². The van der Waals surface area contributed by atoms with Crippen molar-refractivity contribution >= 4 is 29.1 Å². The van der Waals surface area contributed by atoms with Crippen LogP contribution in [0.15, 0.2) is 40.1 Å². The number of thiazole rings is 1. The van der Waals surface area contributed by atoms with Crippen molar-refractivity contribution in [3.63, 3.8) is 0 Å². The van der Waals surface area contributed by atoms with E-state index >= 15 is 0 Å². The Hall–Kier alpha value is -1.33. The lowest BCUT2D eigenvalue weighted by molar-refractivity contribution is -0.136. The summed E-state index contributed by atoms with van der Waals surface area (Å²) in [7, 11) is 0. The van der Waals surface area contributed by atoms with Gasteiger partial charge in [-0.15, -0.1) is 11.3 Å². The number of benzene rings is 1. The molecule has 0 fully saturated rings. The molecule has 0 spiro atoms. The molecule has 1 aromatic carbocycles. The fourth-order valence-corrected chi connectivity index (χ4v) is 3.16. The van der Waals surface area contributed by atoms with E-state index in [9.17, 15) is 4.79 Å². The summed E-state index contributed by atoms with van der Waals surface area (Å²) in [6, 6.07) is 9.86. The summed E-state index contributed by atoms with van der Waals surface area (Å²) in [5.41, 5.74) is 1.95. The number of thioether (sulfide) groups is 1. The van der Waals surface area contributed by atoms with Crippen LogP contribution in [0, 0.1) is 0 Å². The number of nitrogens with zero attached hydrogens (tertiary/aromatic N) is 1. The van der Waals surface area contributed by atoms with Crippen LogP contribution in [0.4, 0.5) is 0 Å². The van der Waals surface area contributed by atoms with Gasteiger partial charge in [0.05, 0.1) is 5.69 Å². The van der Waals surface area contributed by atoms with Crippen LogP contribution in [0.3, 0.4) is 0 Å². The van der Waals surface area contributed by atoms with E-state index in [1.54, 1.807) is 6.92 Å². The van der Waals surface area contributed by atoms with E-state index < -0.39 is 11.2 Å². The number of carboxylic acids is 1. The Balaban J connectivity index is 2.14. The average Bonchev–Trinajstić information content (AvgIpc) is 2.78. The molecule has 3 nitrogen and oxygen atoms in total. The molecule has 0 aliphatic heterocycles. The molecule has 17 heavy (non-hydrogen) atoms. The first-order chi connectivity index (χ1) is 8.16. The number of hydrogen-bond acceptors (Lipinski definition) is 4. The Morgan fingerprint density at radius 3 is 2.76 bits per heavy atom. The fourth-order valence-electron chi connectivity index (χ4n) is 1.25. The number of aliphatic carboxylic acids is 1. The van der Waals surface area contributed by atoms with Crippen molar-refractivity contribution in [2.75, 3.05) is 0 Å². The Morgan fingerprint density at radius 2 is 2.12 bits per heavy atom. The highest BCUT2D eigenvalue weighted by Gasteiger charge is 2.15. The van der Waals surface area contributed by atoms with Crippen molar-refractivity contribution in [3.8, 4) is 11.3 Å². The number of carboxylic acid groups (broad SMARTS) is 1. The predicted octanol–water partition coefficient (Wildman–Crippen LogP) is 3.38. The molecule has 0 aliphatic rings. The zero-order valence-electron chi connectivity index (χ0n) is 9.16. The van der Waals surface area contributed by atoms with Crippen LogP contribution in [0.1, 0.15) is 6.92 Å². The second kappa shape index (κ2) is 5.33. The number of rotatable bonds is 4. The van der Waals surface area contributed by atoms with Crippen LogP contribution >= 0.6 is 23.1 Å². The van der Waals surface area contributed by atoms with Crippen LogP contribution in [0.2, 0.25) is 0 Å². The summed E-state index contributed by atoms with van der Waals surface area (Å²) < 4.78 is 0.791. The zero-order chi connectivity index (χ0) is 12.3. The monoisotopic (exact) mass is 265 g/mol. The normalized spacial score (nSPS) is 12.3. The fraction of sp³-hybridized carbons (Fsp3) is 0.167. The molecule has 2 rings (SSSR count). The molecule has 0 saturated heterocycles. The summed E-state index contributed by atoms with van der Waals surface area (Å²) >= 11 is 2.75. The van der Waals surface area contributed by atoms with Gasteiger partial charge in [0.25, 0.3) is 0 Å². The van der Waals surface area contributed by atoms with Crippen LogP contribution in [0.25, 0.3) is 11.3 Å². The third-order valence-electron chi connectivity index (χ3n) is 2.18. The molecule has 2 aromatic rings. The second-order valence-corrected chi connectivity index (χ2v) is 5.91. The van der Waals surface area contributed by atoms with E-state index in [0.717, 1.165) is 15.6 Å². The van der Waals surface area contributed by atoms with Crippen molar-refractivity contribution in [2.45, 2.75) is 16.5 Å². The van der Waals surface area contributed by atoms with Gasteiger partial charge >= 0.3 is 5.97 Å². The molecule has 1 aromatic heterocycles. The molecule has 0 saturated carbocycles. The predicted molar refractivity (Wildman–Crippen MR) is 70.5 cm³/mol. The maximum atomic E-state index is 10.7. The molecule has 1 N–H and O–H groups in total. The maximum absolute atomic E-state index is 10.7. The van der Waals surface area contributed by atoms with Gasteiger partial charge in [-0.2, -0.15) is 0 Å². The standard InChI is InChI=1S/C12H11NO2S2/c1-8(11(14)15)17-12-13-10(7-16-12)9-5-3-2-4-6-9/h2-8H,1H3,(H,14,15)/t8-/m0/s1. The van der Waals surface area contributed by atoms with Crippen LogP contribution in [-0.2, 0) is 4.79 Å². The topological polar surface area (TPSA) is 50.2 Å². The van der Waals surface area contributed by atoms with Crippen molar-refractivity contribution < 1.29 is 9.90 Å². The SMILES string of the molecule is C[C@H](Sc1nc(-c2ccccc2)cs1)C(=O)O. The van der Waals surface area contributed by atoms with E-state index in [-0.39, 0.29) is 0 Å². The highest BCUT2D eigenvalue weighted by Crippen LogP contribution is 2.30. The first kappa shape index (κ1) is 12.1. The van der Waals surface area contributed by atoms with Crippen molar-refractivity contribution in [1.82, 2.24) is 4.98 Å². The third kappa shape index (κ3) is 3.08. The summed E-state index contributed by atoms with van der Waals surface area (Å²) in [4.78, 5) is 15.2. The third-order valence-corrected chi connectivity index (χ3v) is 4.24. The quantitative estimate of drug-likeness (QED) is 0.861. The average molecular weight is 265 g/mol. The van der Waals surface area contributed by atoms with Crippen LogP contribution in [0.5, 0.6) is 0 Å². The first-order valence-electron chi connectivity index (χ1n) is 5.07. The highest BCUT2D eigenvalue weighted by atomic mass is 32.2. The molecule has 88 valence electrons. The minimum Gasteiger partial charge on any atom is -0.480 e. The van der Waals surface area contributed by atoms with E-state index in [0.29, 0.717) is 0 Å². The zero-order valence-corrected chi connectivity index (χ0v) is 10.8. The van der Waals surface area contributed by atoms with Crippen molar-refractivity contribution in [2.24, 2.45) is 0 Å². The van der Waals surface area contributed by atoms with Gasteiger partial charge in [-0.3, -0.25) is 4.79 Å². The lowest BCUT2D eigenvalue weighted by Gasteiger charge is -2.01. The number of aromatic nitrogens is 1. The Bertz CT molecular complexity index is 510. The molecule has 1 atom stereocenters. The molecule has 0 unspecified atom stereocenters. The smallest absolute Gasteiger partial charge is 0.316 e. The van der Waals surface area contributed by atoms with Crippen LogP contribution in [-0.4, -0.2) is 21.3 Å². The van der Waals surface area contributed by atoms with Gasteiger partial charge in [-0.1, -0.05) is 42.1 Å². The van der Waals surface area contributed by atoms with Crippen molar-refractivity contribution in [3.05, 3.63) is 35.7 Å². The molecule has 5 heteroatoms. The lowest BCUT2D eigenvalue weighted by atomic mass is 10.2. The van der Waals surface area contributed by atoms with E-state index in [1.807, 2.05) is 35.7 Å². The summed E-state index contributed by atoms with van der Waals surface area (Å²) in [6.45, 7) is 1.66. The van der Waals surface area contributed by atoms with Crippen molar-refractivity contribution in [1.29, 1.82) is 0 Å². The van der Waals surface area contributed by atoms with E-state index in [4.69, 9.17) is 5.11 Å². The van der Waals surface area contributed by atoms with Gasteiger partial charge in [0, 0.05) is 10.9 Å². The van der Waals surface area contributed by atoms with Crippen LogP contribution < -0.4 is 0 Å². The summed E-state index contributed by atoms with van der Waals surface area (Å²) in [6.07, 6.45) is 0. The molecule has 0 amide bonds. The number of carbonyl (C=O) groups is 1. The van der Waals surface area contributed by atoms with E-state index in [1.165, 1.54) is 23.1 Å². The summed E-state index contributed by atoms with van der Waals surface area (Å²) in [5, 5.41) is 10.3. The maximum Gasteiger partial charge on any atom is 0.316 e. The van der Waals surface area contributed by atoms with Gasteiger partial charge in [-0.25, -0.2) is 4.98 Å². The minimum absolute atomic E-state index is 0.468. The molecular weight excluding hydrogens is 254 g/mol. The highest BCUT2D eigenvalue weighted by molar-refractivity contribution is 8.02. The Kier molecular flexibility index (Phi) is 3.81. The molecule has 0 bridgehead atoms.